The minimum Gasteiger partial charge on any atom is -0.465 e. The minimum atomic E-state index is -0.156. The second-order valence-electron chi connectivity index (χ2n) is 4.19. The molecule has 0 saturated carbocycles. The number of rotatable bonds is 3. The van der Waals surface area contributed by atoms with Crippen LogP contribution in [0.25, 0.3) is 11.3 Å². The Morgan fingerprint density at radius 3 is 2.95 bits per heavy atom. The van der Waals surface area contributed by atoms with Crippen molar-refractivity contribution >= 4 is 52.3 Å². The zero-order valence-electron chi connectivity index (χ0n) is 10.1. The highest BCUT2D eigenvalue weighted by Gasteiger charge is 2.28. The molecule has 3 rings (SSSR count). The largest absolute Gasteiger partial charge is 0.465 e. The topological polar surface area (TPSA) is 39.2 Å². The van der Waals surface area contributed by atoms with E-state index < -0.39 is 0 Å². The Hall–Kier alpha value is -0.750. The lowest BCUT2D eigenvalue weighted by atomic mass is 10.2. The van der Waals surface area contributed by atoms with Crippen LogP contribution in [0.15, 0.2) is 27.9 Å². The summed E-state index contributed by atoms with van der Waals surface area (Å²) >= 11 is 15.0. The Labute approximate surface area is 134 Å². The summed E-state index contributed by atoms with van der Waals surface area (Å²) in [5.41, 5.74) is 1.64. The number of esters is 1. The van der Waals surface area contributed by atoms with Crippen molar-refractivity contribution < 1.29 is 9.53 Å². The fraction of sp³-hybridized carbons (Fsp3) is 0.231. The van der Waals surface area contributed by atoms with Gasteiger partial charge >= 0.3 is 5.97 Å². The molecule has 0 unspecified atom stereocenters. The number of nitrogens with zero attached hydrogens (tertiary/aromatic N) is 1. The molecule has 0 aliphatic carbocycles. The third kappa shape index (κ3) is 2.96. The van der Waals surface area contributed by atoms with Crippen molar-refractivity contribution in [3.63, 3.8) is 0 Å². The van der Waals surface area contributed by atoms with Crippen LogP contribution in [-0.2, 0) is 9.53 Å². The highest BCUT2D eigenvalue weighted by Crippen LogP contribution is 2.36. The summed E-state index contributed by atoms with van der Waals surface area (Å²) < 4.78 is 5.79. The van der Waals surface area contributed by atoms with E-state index in [0.29, 0.717) is 16.7 Å². The van der Waals surface area contributed by atoms with Crippen LogP contribution in [-0.4, -0.2) is 22.8 Å². The SMILES string of the molecule is O=C1OCC[C@@H]1Sc1nc(-c2ccc(Cl)cc2Cl)cs1. The standard InChI is InChI=1S/C13H9Cl2NO2S2/c14-7-1-2-8(9(15)5-7)10-6-19-13(16-10)20-11-3-4-18-12(11)17/h1-2,5-6,11H,3-4H2/t11-/m0/s1. The van der Waals surface area contributed by atoms with Crippen LogP contribution in [0.3, 0.4) is 0 Å². The number of carbonyl (C=O) groups is 1. The Bertz CT molecular complexity index is 660. The Kier molecular flexibility index (Phi) is 4.21. The first kappa shape index (κ1) is 14.2. The summed E-state index contributed by atoms with van der Waals surface area (Å²) in [7, 11) is 0. The predicted molar refractivity (Wildman–Crippen MR) is 82.8 cm³/mol. The van der Waals surface area contributed by atoms with E-state index in [9.17, 15) is 4.79 Å². The van der Waals surface area contributed by atoms with Crippen molar-refractivity contribution in [1.82, 2.24) is 4.98 Å². The first-order chi connectivity index (χ1) is 9.63. The van der Waals surface area contributed by atoms with Crippen molar-refractivity contribution in [2.24, 2.45) is 0 Å². The molecule has 0 N–H and O–H groups in total. The number of cyclic esters (lactones) is 1. The van der Waals surface area contributed by atoms with Crippen LogP contribution in [0.5, 0.6) is 0 Å². The van der Waals surface area contributed by atoms with E-state index >= 15 is 0 Å². The number of ether oxygens (including phenoxy) is 1. The van der Waals surface area contributed by atoms with Crippen LogP contribution >= 0.6 is 46.3 Å². The molecule has 20 heavy (non-hydrogen) atoms. The van der Waals surface area contributed by atoms with Gasteiger partial charge in [-0.2, -0.15) is 0 Å². The lowest BCUT2D eigenvalue weighted by Crippen LogP contribution is -2.08. The summed E-state index contributed by atoms with van der Waals surface area (Å²) in [6, 6.07) is 5.32. The number of benzene rings is 1. The van der Waals surface area contributed by atoms with Gasteiger partial charge in [0.15, 0.2) is 4.34 Å². The van der Waals surface area contributed by atoms with E-state index in [1.54, 1.807) is 12.1 Å². The third-order valence-electron chi connectivity index (χ3n) is 2.82. The molecule has 0 bridgehead atoms. The number of thioether (sulfide) groups is 1. The number of hydrogen-bond acceptors (Lipinski definition) is 5. The Morgan fingerprint density at radius 1 is 1.40 bits per heavy atom. The van der Waals surface area contributed by atoms with Gasteiger partial charge in [-0.3, -0.25) is 4.79 Å². The lowest BCUT2D eigenvalue weighted by Gasteiger charge is -2.02. The number of hydrogen-bond donors (Lipinski definition) is 0. The molecular weight excluding hydrogens is 337 g/mol. The zero-order chi connectivity index (χ0) is 14.1. The monoisotopic (exact) mass is 345 g/mol. The fourth-order valence-corrected chi connectivity index (χ4v) is 4.37. The van der Waals surface area contributed by atoms with Crippen LogP contribution in [0.2, 0.25) is 10.0 Å². The van der Waals surface area contributed by atoms with Crippen LogP contribution in [0.1, 0.15) is 6.42 Å². The van der Waals surface area contributed by atoms with Crippen molar-refractivity contribution in [2.75, 3.05) is 6.61 Å². The van der Waals surface area contributed by atoms with Gasteiger partial charge in [-0.1, -0.05) is 35.0 Å². The van der Waals surface area contributed by atoms with Gasteiger partial charge in [0.25, 0.3) is 0 Å². The summed E-state index contributed by atoms with van der Waals surface area (Å²) in [4.78, 5) is 16.0. The van der Waals surface area contributed by atoms with Gasteiger partial charge in [0.1, 0.15) is 5.25 Å². The molecule has 1 aliphatic rings. The summed E-state index contributed by atoms with van der Waals surface area (Å²) in [6.45, 7) is 0.498. The van der Waals surface area contributed by atoms with Crippen molar-refractivity contribution in [1.29, 1.82) is 0 Å². The third-order valence-corrected chi connectivity index (χ3v) is 5.59. The maximum absolute atomic E-state index is 11.4. The minimum absolute atomic E-state index is 0.144. The molecule has 7 heteroatoms. The van der Waals surface area contributed by atoms with Gasteiger partial charge in [0.05, 0.1) is 17.3 Å². The van der Waals surface area contributed by atoms with Crippen LogP contribution < -0.4 is 0 Å². The van der Waals surface area contributed by atoms with E-state index in [2.05, 4.69) is 4.98 Å². The van der Waals surface area contributed by atoms with Gasteiger partial charge in [0.2, 0.25) is 0 Å². The average molecular weight is 346 g/mol. The van der Waals surface area contributed by atoms with E-state index in [1.165, 1.54) is 23.1 Å². The second-order valence-corrected chi connectivity index (χ2v) is 7.34. The van der Waals surface area contributed by atoms with Crippen molar-refractivity contribution in [3.05, 3.63) is 33.6 Å². The molecule has 2 aromatic rings. The van der Waals surface area contributed by atoms with Gasteiger partial charge in [-0.05, 0) is 18.2 Å². The molecule has 104 valence electrons. The number of halogens is 2. The molecule has 2 heterocycles. The van der Waals surface area contributed by atoms with Crippen molar-refractivity contribution in [2.45, 2.75) is 16.0 Å². The summed E-state index contributed by atoms with van der Waals surface area (Å²) in [5, 5.41) is 2.95. The smallest absolute Gasteiger partial charge is 0.319 e. The molecule has 1 atom stereocenters. The Morgan fingerprint density at radius 2 is 2.25 bits per heavy atom. The van der Waals surface area contributed by atoms with Gasteiger partial charge in [-0.25, -0.2) is 4.98 Å². The molecule has 0 spiro atoms. The fourth-order valence-electron chi connectivity index (χ4n) is 1.84. The highest BCUT2D eigenvalue weighted by molar-refractivity contribution is 8.02. The quantitative estimate of drug-likeness (QED) is 0.766. The molecule has 1 aliphatic heterocycles. The van der Waals surface area contributed by atoms with Crippen LogP contribution in [0.4, 0.5) is 0 Å². The molecule has 1 saturated heterocycles. The summed E-state index contributed by atoms with van der Waals surface area (Å²) in [6.07, 6.45) is 0.736. The van der Waals surface area contributed by atoms with Gasteiger partial charge in [-0.15, -0.1) is 11.3 Å². The molecule has 1 aromatic heterocycles. The predicted octanol–water partition coefficient (Wildman–Crippen LogP) is 4.52. The first-order valence-electron chi connectivity index (χ1n) is 5.88. The summed E-state index contributed by atoms with van der Waals surface area (Å²) in [5.74, 6) is -0.156. The molecule has 3 nitrogen and oxygen atoms in total. The molecule has 1 fully saturated rings. The number of thiazole rings is 1. The molecule has 0 radical (unpaired) electrons. The van der Waals surface area contributed by atoms with Gasteiger partial charge < -0.3 is 4.74 Å². The Balaban J connectivity index is 1.81. The number of carbonyl (C=O) groups excluding carboxylic acids is 1. The van der Waals surface area contributed by atoms with Crippen molar-refractivity contribution in [3.8, 4) is 11.3 Å². The number of aromatic nitrogens is 1. The van der Waals surface area contributed by atoms with E-state index in [1.807, 2.05) is 11.4 Å². The zero-order valence-corrected chi connectivity index (χ0v) is 13.3. The van der Waals surface area contributed by atoms with E-state index in [4.69, 9.17) is 27.9 Å². The van der Waals surface area contributed by atoms with E-state index in [-0.39, 0.29) is 11.2 Å². The molecular formula is C13H9Cl2NO2S2. The van der Waals surface area contributed by atoms with Crippen LogP contribution in [0, 0.1) is 0 Å². The van der Waals surface area contributed by atoms with E-state index in [0.717, 1.165) is 22.0 Å². The molecule has 1 aromatic carbocycles. The lowest BCUT2D eigenvalue weighted by molar-refractivity contribution is -0.137. The average Bonchev–Trinajstić information content (AvgIpc) is 3.00. The van der Waals surface area contributed by atoms with Gasteiger partial charge in [0, 0.05) is 22.4 Å². The highest BCUT2D eigenvalue weighted by atomic mass is 35.5. The molecule has 0 amide bonds. The second kappa shape index (κ2) is 5.93. The normalized spacial score (nSPS) is 18.3. The first-order valence-corrected chi connectivity index (χ1v) is 8.39. The maximum Gasteiger partial charge on any atom is 0.319 e. The maximum atomic E-state index is 11.4.